The number of carbonyl (C=O) groups excluding carboxylic acids is 1. The number of nitrogens with one attached hydrogen (secondary N) is 1. The number of hydrogen-bond acceptors (Lipinski definition) is 6. The first-order chi connectivity index (χ1) is 10.8. The molecule has 3 rings (SSSR count). The van der Waals surface area contributed by atoms with Gasteiger partial charge in [0, 0.05) is 19.3 Å². The Labute approximate surface area is 126 Å². The maximum Gasteiger partial charge on any atom is 0.272 e. The normalized spacial score (nSPS) is 14.7. The summed E-state index contributed by atoms with van der Waals surface area (Å²) in [4.78, 5) is 14.2. The standard InChI is InChI=1S/C13H18N6O3/c20-6-7-22-9-11-12-8-18(4-1-5-19(12)17-16-11)13(21)10-2-3-14-15-10/h2-3,20H,1,4-9H2,(H,14,15). The number of aryl methyl sites for hydroxylation is 1. The summed E-state index contributed by atoms with van der Waals surface area (Å²) < 4.78 is 7.13. The number of nitrogens with zero attached hydrogens (tertiary/aromatic N) is 5. The van der Waals surface area contributed by atoms with Crippen molar-refractivity contribution < 1.29 is 14.6 Å². The number of carbonyl (C=O) groups is 1. The van der Waals surface area contributed by atoms with Gasteiger partial charge in [-0.1, -0.05) is 5.21 Å². The average molecular weight is 306 g/mol. The van der Waals surface area contributed by atoms with E-state index in [9.17, 15) is 4.79 Å². The smallest absolute Gasteiger partial charge is 0.272 e. The van der Waals surface area contributed by atoms with Crippen molar-refractivity contribution in [3.05, 3.63) is 29.3 Å². The van der Waals surface area contributed by atoms with E-state index in [2.05, 4.69) is 20.5 Å². The molecule has 1 amide bonds. The van der Waals surface area contributed by atoms with Crippen LogP contribution in [0.3, 0.4) is 0 Å². The number of aromatic amines is 1. The molecule has 118 valence electrons. The Kier molecular flexibility index (Phi) is 4.45. The molecular weight excluding hydrogens is 288 g/mol. The molecule has 0 saturated carbocycles. The summed E-state index contributed by atoms with van der Waals surface area (Å²) in [5.74, 6) is -0.0885. The molecule has 0 radical (unpaired) electrons. The highest BCUT2D eigenvalue weighted by atomic mass is 16.5. The van der Waals surface area contributed by atoms with Crippen molar-refractivity contribution in [3.8, 4) is 0 Å². The van der Waals surface area contributed by atoms with Gasteiger partial charge in [-0.15, -0.1) is 5.10 Å². The number of H-pyrrole nitrogens is 1. The molecule has 2 aromatic heterocycles. The second-order valence-electron chi connectivity index (χ2n) is 5.03. The van der Waals surface area contributed by atoms with Crippen LogP contribution >= 0.6 is 0 Å². The van der Waals surface area contributed by atoms with Crippen molar-refractivity contribution in [1.82, 2.24) is 30.1 Å². The predicted octanol–water partition coefficient (Wildman–Crippen LogP) is -0.444. The highest BCUT2D eigenvalue weighted by Crippen LogP contribution is 2.17. The first-order valence-corrected chi connectivity index (χ1v) is 7.18. The van der Waals surface area contributed by atoms with Gasteiger partial charge in [0.25, 0.3) is 5.91 Å². The Balaban J connectivity index is 1.76. The first-order valence-electron chi connectivity index (χ1n) is 7.18. The highest BCUT2D eigenvalue weighted by Gasteiger charge is 2.24. The van der Waals surface area contributed by atoms with Gasteiger partial charge >= 0.3 is 0 Å². The lowest BCUT2D eigenvalue weighted by atomic mass is 10.2. The van der Waals surface area contributed by atoms with E-state index in [4.69, 9.17) is 9.84 Å². The second-order valence-corrected chi connectivity index (χ2v) is 5.03. The van der Waals surface area contributed by atoms with E-state index in [0.29, 0.717) is 24.5 Å². The van der Waals surface area contributed by atoms with Gasteiger partial charge in [0.15, 0.2) is 0 Å². The quantitative estimate of drug-likeness (QED) is 0.725. The molecule has 9 nitrogen and oxygen atoms in total. The van der Waals surface area contributed by atoms with Crippen molar-refractivity contribution in [3.63, 3.8) is 0 Å². The lowest BCUT2D eigenvalue weighted by Crippen LogP contribution is -2.31. The van der Waals surface area contributed by atoms with E-state index in [-0.39, 0.29) is 25.7 Å². The van der Waals surface area contributed by atoms with Gasteiger partial charge in [0.2, 0.25) is 0 Å². The van der Waals surface area contributed by atoms with Gasteiger partial charge in [-0.05, 0) is 12.5 Å². The zero-order chi connectivity index (χ0) is 15.4. The second kappa shape index (κ2) is 6.67. The van der Waals surface area contributed by atoms with Gasteiger partial charge < -0.3 is 14.7 Å². The molecule has 0 bridgehead atoms. The molecule has 9 heteroatoms. The van der Waals surface area contributed by atoms with E-state index in [0.717, 1.165) is 18.7 Å². The predicted molar refractivity (Wildman–Crippen MR) is 74.7 cm³/mol. The maximum atomic E-state index is 12.5. The van der Waals surface area contributed by atoms with Crippen molar-refractivity contribution in [2.24, 2.45) is 0 Å². The van der Waals surface area contributed by atoms with Crippen LogP contribution in [0.2, 0.25) is 0 Å². The molecule has 0 unspecified atom stereocenters. The molecule has 1 aliphatic heterocycles. The Morgan fingerprint density at radius 2 is 2.36 bits per heavy atom. The van der Waals surface area contributed by atoms with Crippen LogP contribution in [-0.4, -0.2) is 60.9 Å². The number of aliphatic hydroxyl groups is 1. The molecule has 0 aliphatic carbocycles. The topological polar surface area (TPSA) is 109 Å². The molecule has 1 aliphatic rings. The van der Waals surface area contributed by atoms with Gasteiger partial charge in [-0.3, -0.25) is 9.89 Å². The average Bonchev–Trinajstić information content (AvgIpc) is 3.13. The minimum atomic E-state index is -0.0885. The lowest BCUT2D eigenvalue weighted by molar-refractivity contribution is 0.0724. The number of aliphatic hydroxyl groups excluding tert-OH is 1. The molecule has 0 aromatic carbocycles. The summed E-state index contributed by atoms with van der Waals surface area (Å²) in [5, 5.41) is 23.5. The first kappa shape index (κ1) is 14.7. The monoisotopic (exact) mass is 306 g/mol. The SMILES string of the molecule is O=C(c1ccn[nH]1)N1CCCn2nnc(COCCO)c2C1. The Morgan fingerprint density at radius 1 is 1.45 bits per heavy atom. The number of fused-ring (bicyclic) bond motifs is 1. The molecule has 22 heavy (non-hydrogen) atoms. The van der Waals surface area contributed by atoms with E-state index in [1.165, 1.54) is 0 Å². The fraction of sp³-hybridized carbons (Fsp3) is 0.538. The summed E-state index contributed by atoms with van der Waals surface area (Å²) in [6.45, 7) is 2.30. The third-order valence-electron chi connectivity index (χ3n) is 3.55. The van der Waals surface area contributed by atoms with Crippen molar-refractivity contribution in [2.45, 2.75) is 26.1 Å². The molecule has 2 aromatic rings. The van der Waals surface area contributed by atoms with Crippen LogP contribution in [0.5, 0.6) is 0 Å². The van der Waals surface area contributed by atoms with Gasteiger partial charge in [0.1, 0.15) is 11.4 Å². The van der Waals surface area contributed by atoms with Crippen molar-refractivity contribution >= 4 is 5.91 Å². The number of ether oxygens (including phenoxy) is 1. The third kappa shape index (κ3) is 3.00. The zero-order valence-electron chi connectivity index (χ0n) is 12.1. The van der Waals surface area contributed by atoms with Crippen LogP contribution in [0, 0.1) is 0 Å². The number of hydrogen-bond donors (Lipinski definition) is 2. The molecule has 2 N–H and O–H groups in total. The maximum absolute atomic E-state index is 12.5. The Morgan fingerprint density at radius 3 is 3.14 bits per heavy atom. The van der Waals surface area contributed by atoms with Crippen LogP contribution in [0.15, 0.2) is 12.3 Å². The molecule has 3 heterocycles. The van der Waals surface area contributed by atoms with Gasteiger partial charge in [0.05, 0.1) is 32.1 Å². The van der Waals surface area contributed by atoms with E-state index in [1.54, 1.807) is 17.2 Å². The van der Waals surface area contributed by atoms with E-state index in [1.807, 2.05) is 4.68 Å². The third-order valence-corrected chi connectivity index (χ3v) is 3.55. The van der Waals surface area contributed by atoms with Crippen molar-refractivity contribution in [2.75, 3.05) is 19.8 Å². The van der Waals surface area contributed by atoms with Crippen LogP contribution in [0.4, 0.5) is 0 Å². The van der Waals surface area contributed by atoms with E-state index >= 15 is 0 Å². The Bertz CT molecular complexity index is 624. The zero-order valence-corrected chi connectivity index (χ0v) is 12.1. The van der Waals surface area contributed by atoms with Gasteiger partial charge in [-0.25, -0.2) is 4.68 Å². The Hall–Kier alpha value is -2.26. The summed E-state index contributed by atoms with van der Waals surface area (Å²) >= 11 is 0. The fourth-order valence-electron chi connectivity index (χ4n) is 2.46. The van der Waals surface area contributed by atoms with E-state index < -0.39 is 0 Å². The molecule has 0 spiro atoms. The summed E-state index contributed by atoms with van der Waals surface area (Å²) in [7, 11) is 0. The summed E-state index contributed by atoms with van der Waals surface area (Å²) in [5.41, 5.74) is 2.06. The van der Waals surface area contributed by atoms with Crippen LogP contribution in [0.1, 0.15) is 28.3 Å². The fourth-order valence-corrected chi connectivity index (χ4v) is 2.46. The molecule has 0 fully saturated rings. The van der Waals surface area contributed by atoms with Crippen molar-refractivity contribution in [1.29, 1.82) is 0 Å². The number of rotatable bonds is 5. The molecule has 0 atom stereocenters. The van der Waals surface area contributed by atoms with Crippen LogP contribution in [0.25, 0.3) is 0 Å². The van der Waals surface area contributed by atoms with Gasteiger partial charge in [-0.2, -0.15) is 5.10 Å². The summed E-state index contributed by atoms with van der Waals surface area (Å²) in [6, 6.07) is 1.66. The molecule has 0 saturated heterocycles. The highest BCUT2D eigenvalue weighted by molar-refractivity contribution is 5.92. The number of amides is 1. The minimum Gasteiger partial charge on any atom is -0.394 e. The van der Waals surface area contributed by atoms with Crippen LogP contribution < -0.4 is 0 Å². The van der Waals surface area contributed by atoms with Crippen LogP contribution in [-0.2, 0) is 24.4 Å². The molecular formula is C13H18N6O3. The lowest BCUT2D eigenvalue weighted by Gasteiger charge is -2.19. The summed E-state index contributed by atoms with van der Waals surface area (Å²) in [6.07, 6.45) is 2.37. The largest absolute Gasteiger partial charge is 0.394 e. The minimum absolute atomic E-state index is 0.0338. The number of aromatic nitrogens is 5.